The molecule has 13 heavy (non-hydrogen) atoms. The third-order valence-electron chi connectivity index (χ3n) is 1.37. The number of rotatable bonds is 4. The number of carbonyl (C=O) groups excluding carboxylic acids is 1. The van der Waals surface area contributed by atoms with Crippen molar-refractivity contribution in [1.29, 1.82) is 0 Å². The average Bonchev–Trinajstić information content (AvgIpc) is 1.81. The Labute approximate surface area is 78.9 Å². The van der Waals surface area contributed by atoms with Crippen LogP contribution in [0.4, 0.5) is 0 Å². The predicted octanol–water partition coefficient (Wildman–Crippen LogP) is 1.19. The average molecular weight is 204 g/mol. The molecule has 5 heteroatoms. The third kappa shape index (κ3) is 5.50. The second-order valence-electron chi connectivity index (χ2n) is 3.63. The lowest BCUT2D eigenvalue weighted by Gasteiger charge is -2.20. The second-order valence-corrected chi connectivity index (χ2v) is 4.65. The SMILES string of the molecule is C=C(C)C(=O)NC(C)(C)C[P+](=O)O. The zero-order chi connectivity index (χ0) is 10.6. The van der Waals surface area contributed by atoms with E-state index in [2.05, 4.69) is 11.9 Å². The summed E-state index contributed by atoms with van der Waals surface area (Å²) in [5.74, 6) is -0.290. The largest absolute Gasteiger partial charge is 0.507 e. The van der Waals surface area contributed by atoms with Crippen LogP contribution in [-0.2, 0) is 9.36 Å². The Balaban J connectivity index is 4.24. The van der Waals surface area contributed by atoms with Gasteiger partial charge in [0.05, 0.1) is 5.54 Å². The Morgan fingerprint density at radius 3 is 2.38 bits per heavy atom. The zero-order valence-corrected chi connectivity index (χ0v) is 9.02. The fourth-order valence-electron chi connectivity index (χ4n) is 0.792. The van der Waals surface area contributed by atoms with Crippen molar-refractivity contribution in [3.63, 3.8) is 0 Å². The van der Waals surface area contributed by atoms with Crippen LogP contribution >= 0.6 is 8.03 Å². The molecule has 0 aliphatic rings. The van der Waals surface area contributed by atoms with Crippen LogP contribution in [0.15, 0.2) is 12.2 Å². The Morgan fingerprint density at radius 2 is 2.08 bits per heavy atom. The molecule has 0 aromatic heterocycles. The molecule has 0 fully saturated rings. The third-order valence-corrected chi connectivity index (χ3v) is 2.43. The summed E-state index contributed by atoms with van der Waals surface area (Å²) in [6.07, 6.45) is 0.0430. The summed E-state index contributed by atoms with van der Waals surface area (Å²) in [6, 6.07) is 0. The van der Waals surface area contributed by atoms with Crippen molar-refractivity contribution in [2.75, 3.05) is 6.16 Å². The fourth-order valence-corrected chi connectivity index (χ4v) is 1.55. The first-order chi connectivity index (χ1) is 5.74. The van der Waals surface area contributed by atoms with Gasteiger partial charge in [-0.2, -0.15) is 4.89 Å². The molecule has 0 bridgehead atoms. The van der Waals surface area contributed by atoms with Crippen molar-refractivity contribution in [2.24, 2.45) is 0 Å². The van der Waals surface area contributed by atoms with Gasteiger partial charge in [-0.15, -0.1) is 0 Å². The molecule has 4 nitrogen and oxygen atoms in total. The van der Waals surface area contributed by atoms with Crippen LogP contribution in [0, 0.1) is 0 Å². The van der Waals surface area contributed by atoms with E-state index in [0.29, 0.717) is 5.57 Å². The van der Waals surface area contributed by atoms with Gasteiger partial charge in [-0.05, 0) is 25.3 Å². The van der Waals surface area contributed by atoms with E-state index in [1.807, 2.05) is 0 Å². The summed E-state index contributed by atoms with van der Waals surface area (Å²) in [5.41, 5.74) is -0.278. The summed E-state index contributed by atoms with van der Waals surface area (Å²) in [7, 11) is -2.23. The van der Waals surface area contributed by atoms with Gasteiger partial charge in [0.15, 0.2) is 6.16 Å². The summed E-state index contributed by atoms with van der Waals surface area (Å²) < 4.78 is 10.5. The first-order valence-electron chi connectivity index (χ1n) is 3.86. The highest BCUT2D eigenvalue weighted by atomic mass is 31.1. The Hall–Kier alpha value is -0.730. The summed E-state index contributed by atoms with van der Waals surface area (Å²) in [6.45, 7) is 8.44. The van der Waals surface area contributed by atoms with Crippen LogP contribution < -0.4 is 5.32 Å². The Bertz CT molecular complexity index is 248. The van der Waals surface area contributed by atoms with E-state index in [1.54, 1.807) is 20.8 Å². The lowest BCUT2D eigenvalue weighted by Crippen LogP contribution is -2.45. The summed E-state index contributed by atoms with van der Waals surface area (Å²) >= 11 is 0. The van der Waals surface area contributed by atoms with Gasteiger partial charge in [0.25, 0.3) is 0 Å². The van der Waals surface area contributed by atoms with Gasteiger partial charge in [0, 0.05) is 5.57 Å². The van der Waals surface area contributed by atoms with E-state index in [-0.39, 0.29) is 12.1 Å². The molecule has 0 heterocycles. The quantitative estimate of drug-likeness (QED) is 0.534. The minimum Gasteiger partial charge on any atom is -0.343 e. The van der Waals surface area contributed by atoms with E-state index in [4.69, 9.17) is 4.89 Å². The smallest absolute Gasteiger partial charge is 0.343 e. The fraction of sp³-hybridized carbons (Fsp3) is 0.625. The highest BCUT2D eigenvalue weighted by Gasteiger charge is 2.30. The standard InChI is InChI=1S/C8H14NO3P/c1-6(2)7(10)9-8(3,4)5-13(11)12/h1,5H2,2-4H3,(H-,9,10,11,12)/p+1. The van der Waals surface area contributed by atoms with E-state index in [9.17, 15) is 9.36 Å². The van der Waals surface area contributed by atoms with Gasteiger partial charge in [0.2, 0.25) is 5.91 Å². The normalized spacial score (nSPS) is 12.2. The molecule has 0 saturated heterocycles. The molecule has 0 spiro atoms. The van der Waals surface area contributed by atoms with Crippen molar-refractivity contribution in [3.05, 3.63) is 12.2 Å². The topological polar surface area (TPSA) is 66.4 Å². The highest BCUT2D eigenvalue weighted by molar-refractivity contribution is 7.38. The maximum absolute atomic E-state index is 11.2. The van der Waals surface area contributed by atoms with Crippen molar-refractivity contribution in [2.45, 2.75) is 26.3 Å². The van der Waals surface area contributed by atoms with Crippen molar-refractivity contribution >= 4 is 13.9 Å². The number of hydrogen-bond donors (Lipinski definition) is 2. The Kier molecular flexibility index (Phi) is 4.24. The van der Waals surface area contributed by atoms with Gasteiger partial charge in [-0.3, -0.25) is 4.79 Å². The van der Waals surface area contributed by atoms with Crippen LogP contribution in [0.3, 0.4) is 0 Å². The molecule has 0 aliphatic carbocycles. The van der Waals surface area contributed by atoms with Gasteiger partial charge in [-0.1, -0.05) is 6.58 Å². The van der Waals surface area contributed by atoms with Crippen LogP contribution in [0.1, 0.15) is 20.8 Å². The van der Waals surface area contributed by atoms with Gasteiger partial charge in [-0.25, -0.2) is 0 Å². The number of carbonyl (C=O) groups is 1. The lowest BCUT2D eigenvalue weighted by atomic mass is 10.1. The van der Waals surface area contributed by atoms with Gasteiger partial charge < -0.3 is 5.32 Å². The molecular weight excluding hydrogens is 189 g/mol. The summed E-state index contributed by atoms with van der Waals surface area (Å²) in [4.78, 5) is 19.8. The minimum atomic E-state index is -2.23. The number of nitrogens with one attached hydrogen (secondary N) is 1. The van der Waals surface area contributed by atoms with Crippen molar-refractivity contribution in [1.82, 2.24) is 5.32 Å². The minimum absolute atomic E-state index is 0.0430. The van der Waals surface area contributed by atoms with Crippen molar-refractivity contribution < 1.29 is 14.3 Å². The number of hydrogen-bond acceptors (Lipinski definition) is 2. The monoisotopic (exact) mass is 204 g/mol. The van der Waals surface area contributed by atoms with Crippen LogP contribution in [0.5, 0.6) is 0 Å². The van der Waals surface area contributed by atoms with Crippen LogP contribution in [0.2, 0.25) is 0 Å². The molecule has 1 atom stereocenters. The molecule has 1 amide bonds. The molecule has 0 rings (SSSR count). The van der Waals surface area contributed by atoms with Gasteiger partial charge >= 0.3 is 8.03 Å². The highest BCUT2D eigenvalue weighted by Crippen LogP contribution is 2.20. The summed E-state index contributed by atoms with van der Waals surface area (Å²) in [5, 5.41) is 2.60. The van der Waals surface area contributed by atoms with E-state index >= 15 is 0 Å². The number of amides is 1. The molecule has 0 aromatic carbocycles. The van der Waals surface area contributed by atoms with E-state index in [0.717, 1.165) is 0 Å². The molecular formula is C8H15NO3P+. The molecule has 0 saturated carbocycles. The van der Waals surface area contributed by atoms with Crippen LogP contribution in [-0.4, -0.2) is 22.5 Å². The maximum atomic E-state index is 11.2. The molecule has 0 radical (unpaired) electrons. The molecule has 1 unspecified atom stereocenters. The van der Waals surface area contributed by atoms with Crippen molar-refractivity contribution in [3.8, 4) is 0 Å². The van der Waals surface area contributed by atoms with Gasteiger partial charge in [0.1, 0.15) is 0 Å². The van der Waals surface area contributed by atoms with E-state index < -0.39 is 13.6 Å². The Morgan fingerprint density at radius 1 is 1.62 bits per heavy atom. The second kappa shape index (κ2) is 4.49. The lowest BCUT2D eigenvalue weighted by molar-refractivity contribution is -0.118. The molecule has 0 aliphatic heterocycles. The predicted molar refractivity (Wildman–Crippen MR) is 51.7 cm³/mol. The first-order valence-corrected chi connectivity index (χ1v) is 5.26. The first kappa shape index (κ1) is 12.3. The zero-order valence-electron chi connectivity index (χ0n) is 8.13. The maximum Gasteiger partial charge on any atom is 0.507 e. The molecule has 2 N–H and O–H groups in total. The van der Waals surface area contributed by atoms with E-state index in [1.165, 1.54) is 0 Å². The van der Waals surface area contributed by atoms with Crippen LogP contribution in [0.25, 0.3) is 0 Å². The molecule has 0 aromatic rings. The molecule has 74 valence electrons.